The van der Waals surface area contributed by atoms with Crippen molar-refractivity contribution < 1.29 is 14.3 Å². The second kappa shape index (κ2) is 8.63. The van der Waals surface area contributed by atoms with Crippen molar-refractivity contribution in [2.24, 2.45) is 5.41 Å². The molecule has 0 N–H and O–H groups in total. The van der Waals surface area contributed by atoms with Crippen molar-refractivity contribution in [3.63, 3.8) is 0 Å². The fourth-order valence-corrected chi connectivity index (χ4v) is 5.29. The predicted octanol–water partition coefficient (Wildman–Crippen LogP) is 4.84. The van der Waals surface area contributed by atoms with Crippen molar-refractivity contribution >= 4 is 22.6 Å². The minimum absolute atomic E-state index is 0.0498. The highest BCUT2D eigenvalue weighted by molar-refractivity contribution is 5.83. The van der Waals surface area contributed by atoms with Crippen LogP contribution in [-0.4, -0.2) is 54.5 Å². The van der Waals surface area contributed by atoms with E-state index in [1.807, 2.05) is 68.3 Å². The van der Waals surface area contributed by atoms with Gasteiger partial charge in [-0.2, -0.15) is 0 Å². The van der Waals surface area contributed by atoms with E-state index < -0.39 is 5.60 Å². The summed E-state index contributed by atoms with van der Waals surface area (Å²) in [5.74, 6) is 0.735. The zero-order chi connectivity index (χ0) is 24.8. The molecule has 2 aliphatic heterocycles. The number of carbonyl (C=O) groups excluding carboxylic acids is 1. The predicted molar refractivity (Wildman–Crippen MR) is 138 cm³/mol. The van der Waals surface area contributed by atoms with Crippen LogP contribution in [0.5, 0.6) is 5.75 Å². The number of anilines is 1. The van der Waals surface area contributed by atoms with E-state index in [0.717, 1.165) is 61.5 Å². The lowest BCUT2D eigenvalue weighted by Crippen LogP contribution is -2.37. The summed E-state index contributed by atoms with van der Waals surface area (Å²) < 4.78 is 12.5. The van der Waals surface area contributed by atoms with Crippen LogP contribution in [0.3, 0.4) is 0 Å². The maximum Gasteiger partial charge on any atom is 0.410 e. The standard InChI is InChI=1S/C28H33N3O4/c1-27(2,3)35-26(33)30-16-13-28(19-30)12-15-29(18-28)21-5-7-22(8-6-21)31-14-11-20-17-23(34-4)9-10-24(20)25(31)32/h5-11,14,17H,12-13,15-16,18-19H2,1-4H3. The van der Waals surface area contributed by atoms with E-state index in [-0.39, 0.29) is 17.1 Å². The molecule has 35 heavy (non-hydrogen) atoms. The molecule has 3 aromatic rings. The number of pyridine rings is 1. The zero-order valence-corrected chi connectivity index (χ0v) is 20.9. The number of ether oxygens (including phenoxy) is 2. The molecule has 3 heterocycles. The summed E-state index contributed by atoms with van der Waals surface area (Å²) in [6, 6.07) is 15.6. The highest BCUT2D eigenvalue weighted by atomic mass is 16.6. The van der Waals surface area contributed by atoms with Crippen LogP contribution < -0.4 is 15.2 Å². The van der Waals surface area contributed by atoms with Gasteiger partial charge in [-0.3, -0.25) is 9.36 Å². The molecule has 1 atom stereocenters. The zero-order valence-electron chi connectivity index (χ0n) is 20.9. The van der Waals surface area contributed by atoms with Crippen molar-refractivity contribution in [1.29, 1.82) is 0 Å². The summed E-state index contributed by atoms with van der Waals surface area (Å²) >= 11 is 0. The minimum Gasteiger partial charge on any atom is -0.497 e. The number of nitrogens with zero attached hydrogens (tertiary/aromatic N) is 3. The quantitative estimate of drug-likeness (QED) is 0.543. The third-order valence-corrected chi connectivity index (χ3v) is 7.13. The number of rotatable bonds is 3. The highest BCUT2D eigenvalue weighted by Crippen LogP contribution is 2.41. The molecule has 0 bridgehead atoms. The van der Waals surface area contributed by atoms with Gasteiger partial charge in [-0.05, 0) is 87.5 Å². The first-order chi connectivity index (χ1) is 16.7. The van der Waals surface area contributed by atoms with Crippen LogP contribution in [0.1, 0.15) is 33.6 Å². The molecule has 184 valence electrons. The van der Waals surface area contributed by atoms with Crippen molar-refractivity contribution in [2.45, 2.75) is 39.2 Å². The Balaban J connectivity index is 1.29. The van der Waals surface area contributed by atoms with Crippen molar-refractivity contribution in [2.75, 3.05) is 38.2 Å². The first-order valence-electron chi connectivity index (χ1n) is 12.2. The number of likely N-dealkylation sites (tertiary alicyclic amines) is 1. The van der Waals surface area contributed by atoms with Gasteiger partial charge in [-0.1, -0.05) is 0 Å². The van der Waals surface area contributed by atoms with E-state index in [1.165, 1.54) is 0 Å². The fourth-order valence-electron chi connectivity index (χ4n) is 5.29. The van der Waals surface area contributed by atoms with Gasteiger partial charge in [0.2, 0.25) is 0 Å². The molecule has 1 unspecified atom stereocenters. The van der Waals surface area contributed by atoms with E-state index >= 15 is 0 Å². The van der Waals surface area contributed by atoms with Gasteiger partial charge in [0.1, 0.15) is 11.4 Å². The Hall–Kier alpha value is -3.48. The molecule has 7 heteroatoms. The molecule has 2 aromatic carbocycles. The Morgan fingerprint density at radius 3 is 2.37 bits per heavy atom. The number of hydrogen-bond acceptors (Lipinski definition) is 5. The summed E-state index contributed by atoms with van der Waals surface area (Å²) in [6.45, 7) is 9.08. The Kier molecular flexibility index (Phi) is 5.74. The molecule has 0 aliphatic carbocycles. The number of amides is 1. The summed E-state index contributed by atoms with van der Waals surface area (Å²) in [7, 11) is 1.62. The number of methoxy groups -OCH3 is 1. The van der Waals surface area contributed by atoms with Gasteiger partial charge in [0.05, 0.1) is 7.11 Å². The molecule has 7 nitrogen and oxygen atoms in total. The molecule has 5 rings (SSSR count). The molecule has 1 amide bonds. The van der Waals surface area contributed by atoms with E-state index in [1.54, 1.807) is 11.7 Å². The molecule has 0 saturated carbocycles. The van der Waals surface area contributed by atoms with Crippen LogP contribution in [-0.2, 0) is 4.74 Å². The molecule has 1 aromatic heterocycles. The highest BCUT2D eigenvalue weighted by Gasteiger charge is 2.45. The normalized spacial score (nSPS) is 20.1. The number of fused-ring (bicyclic) bond motifs is 1. The van der Waals surface area contributed by atoms with Crippen LogP contribution in [0, 0.1) is 5.41 Å². The lowest BCUT2D eigenvalue weighted by Gasteiger charge is -2.27. The Bertz CT molecular complexity index is 1310. The molecule has 2 fully saturated rings. The van der Waals surface area contributed by atoms with Gasteiger partial charge >= 0.3 is 6.09 Å². The van der Waals surface area contributed by atoms with Crippen molar-refractivity contribution in [3.05, 3.63) is 65.1 Å². The van der Waals surface area contributed by atoms with E-state index in [4.69, 9.17) is 9.47 Å². The first kappa shape index (κ1) is 23.3. The fraction of sp³-hybridized carbons (Fsp3) is 0.429. The van der Waals surface area contributed by atoms with Gasteiger partial charge in [0.25, 0.3) is 5.56 Å². The maximum atomic E-state index is 13.1. The lowest BCUT2D eigenvalue weighted by atomic mass is 9.86. The number of hydrogen-bond donors (Lipinski definition) is 0. The molecular weight excluding hydrogens is 442 g/mol. The lowest BCUT2D eigenvalue weighted by molar-refractivity contribution is 0.0276. The number of aromatic nitrogens is 1. The van der Waals surface area contributed by atoms with Crippen LogP contribution >= 0.6 is 0 Å². The average molecular weight is 476 g/mol. The van der Waals surface area contributed by atoms with E-state index in [9.17, 15) is 9.59 Å². The third kappa shape index (κ3) is 4.59. The second-order valence-corrected chi connectivity index (χ2v) is 10.8. The van der Waals surface area contributed by atoms with Crippen molar-refractivity contribution in [1.82, 2.24) is 9.47 Å². The molecule has 0 radical (unpaired) electrons. The van der Waals surface area contributed by atoms with Crippen LogP contribution in [0.15, 0.2) is 59.5 Å². The largest absolute Gasteiger partial charge is 0.497 e. The Labute approximate surface area is 205 Å². The second-order valence-electron chi connectivity index (χ2n) is 10.8. The summed E-state index contributed by atoms with van der Waals surface area (Å²) in [6.07, 6.45) is 3.66. The van der Waals surface area contributed by atoms with Crippen LogP contribution in [0.25, 0.3) is 16.5 Å². The third-order valence-electron chi connectivity index (χ3n) is 7.13. The van der Waals surface area contributed by atoms with Crippen LogP contribution in [0.4, 0.5) is 10.5 Å². The maximum absolute atomic E-state index is 13.1. The monoisotopic (exact) mass is 475 g/mol. The first-order valence-corrected chi connectivity index (χ1v) is 12.2. The SMILES string of the molecule is COc1ccc2c(=O)n(-c3ccc(N4CCC5(CCN(C(=O)OC(C)(C)C)C5)C4)cc3)ccc2c1. The Morgan fingerprint density at radius 2 is 1.66 bits per heavy atom. The average Bonchev–Trinajstić information content (AvgIpc) is 3.45. The smallest absolute Gasteiger partial charge is 0.410 e. The Morgan fingerprint density at radius 1 is 0.943 bits per heavy atom. The van der Waals surface area contributed by atoms with Gasteiger partial charge in [0, 0.05) is 54.6 Å². The molecule has 1 spiro atoms. The van der Waals surface area contributed by atoms with Gasteiger partial charge in [0.15, 0.2) is 0 Å². The van der Waals surface area contributed by atoms with Gasteiger partial charge in [-0.15, -0.1) is 0 Å². The van der Waals surface area contributed by atoms with Gasteiger partial charge < -0.3 is 19.3 Å². The van der Waals surface area contributed by atoms with Gasteiger partial charge in [-0.25, -0.2) is 4.79 Å². The topological polar surface area (TPSA) is 64.0 Å². The number of benzene rings is 2. The van der Waals surface area contributed by atoms with Crippen LogP contribution in [0.2, 0.25) is 0 Å². The summed E-state index contributed by atoms with van der Waals surface area (Å²) in [5, 5.41) is 1.52. The summed E-state index contributed by atoms with van der Waals surface area (Å²) in [4.78, 5) is 29.9. The van der Waals surface area contributed by atoms with Crippen molar-refractivity contribution in [3.8, 4) is 11.4 Å². The minimum atomic E-state index is -0.476. The van der Waals surface area contributed by atoms with E-state index in [2.05, 4.69) is 17.0 Å². The molecule has 2 saturated heterocycles. The van der Waals surface area contributed by atoms with E-state index in [0.29, 0.717) is 5.39 Å². The molecular formula is C28H33N3O4. The number of carbonyl (C=O) groups is 1. The molecule has 2 aliphatic rings. The summed E-state index contributed by atoms with van der Waals surface area (Å²) in [5.41, 5.74) is 1.57.